The molecule has 2 aromatic carbocycles. The van der Waals surface area contributed by atoms with Crippen molar-refractivity contribution in [1.29, 1.82) is 0 Å². The maximum atomic E-state index is 14.1. The summed E-state index contributed by atoms with van der Waals surface area (Å²) in [6.45, 7) is 13.8. The van der Waals surface area contributed by atoms with Crippen LogP contribution >= 0.6 is 0 Å². The third-order valence-electron chi connectivity index (χ3n) is 8.50. The van der Waals surface area contributed by atoms with Crippen LogP contribution in [0.2, 0.25) is 0 Å². The van der Waals surface area contributed by atoms with Gasteiger partial charge in [-0.15, -0.1) is 0 Å². The molecule has 4 rings (SSSR count). The van der Waals surface area contributed by atoms with Crippen LogP contribution in [0.4, 0.5) is 10.6 Å². The molecule has 1 aliphatic rings. The lowest BCUT2D eigenvalue weighted by atomic mass is 9.97. The standard InChI is InChI=1S/C38H52N6O6/c1-8-31-40-30(23-44(31)32(28-17-13-10-14-18-28)34(46)43-21-19-26(2)20-22-43)41-33(45)29(25-49-24-27-15-11-9-12-16-27)39-35(47)38(6,7)42-36(48)50-37(3,4)5/h9-18,23,26,29,32H,8,19-22,24-25H2,1-7H3,(H,39,47)(H,41,45)(H,42,48)/t29-,32?/m1/s1. The molecule has 12 nitrogen and oxygen atoms in total. The number of imidazole rings is 1. The molecule has 4 amide bonds. The highest BCUT2D eigenvalue weighted by Crippen LogP contribution is 2.28. The van der Waals surface area contributed by atoms with Crippen LogP contribution in [0.5, 0.6) is 0 Å². The van der Waals surface area contributed by atoms with Crippen LogP contribution in [0.1, 0.15) is 84.3 Å². The number of hydrogen-bond acceptors (Lipinski definition) is 7. The number of nitrogens with zero attached hydrogens (tertiary/aromatic N) is 3. The Labute approximate surface area is 295 Å². The Morgan fingerprint density at radius 2 is 1.56 bits per heavy atom. The maximum absolute atomic E-state index is 14.1. The molecule has 1 aliphatic heterocycles. The van der Waals surface area contributed by atoms with Crippen molar-refractivity contribution in [3.05, 3.63) is 83.8 Å². The number of amides is 4. The molecule has 0 bridgehead atoms. The van der Waals surface area contributed by atoms with Gasteiger partial charge in [-0.05, 0) is 64.5 Å². The van der Waals surface area contributed by atoms with Crippen molar-refractivity contribution in [2.24, 2.45) is 5.92 Å². The van der Waals surface area contributed by atoms with Gasteiger partial charge in [0.2, 0.25) is 11.8 Å². The molecule has 3 aromatic rings. The minimum atomic E-state index is -1.42. The zero-order chi connectivity index (χ0) is 36.5. The Morgan fingerprint density at radius 1 is 0.940 bits per heavy atom. The largest absolute Gasteiger partial charge is 0.444 e. The molecule has 1 saturated heterocycles. The Balaban J connectivity index is 1.57. The van der Waals surface area contributed by atoms with Crippen molar-refractivity contribution in [3.8, 4) is 0 Å². The number of alkyl carbamates (subject to hydrolysis) is 1. The molecule has 0 aliphatic carbocycles. The third kappa shape index (κ3) is 10.6. The Bertz CT molecular complexity index is 1590. The molecule has 50 heavy (non-hydrogen) atoms. The number of anilines is 1. The van der Waals surface area contributed by atoms with E-state index in [0.29, 0.717) is 31.3 Å². The van der Waals surface area contributed by atoms with Crippen LogP contribution in [-0.4, -0.2) is 75.1 Å². The Morgan fingerprint density at radius 3 is 2.16 bits per heavy atom. The number of piperidine rings is 1. The van der Waals surface area contributed by atoms with E-state index in [4.69, 9.17) is 14.5 Å². The fourth-order valence-corrected chi connectivity index (χ4v) is 5.66. The minimum Gasteiger partial charge on any atom is -0.444 e. The number of nitrogens with one attached hydrogen (secondary N) is 3. The summed E-state index contributed by atoms with van der Waals surface area (Å²) in [6, 6.07) is 17.2. The summed E-state index contributed by atoms with van der Waals surface area (Å²) in [4.78, 5) is 60.5. The first-order valence-electron chi connectivity index (χ1n) is 17.3. The second-order valence-corrected chi connectivity index (χ2v) is 14.4. The topological polar surface area (TPSA) is 144 Å². The molecule has 270 valence electrons. The molecule has 2 atom stereocenters. The van der Waals surface area contributed by atoms with E-state index in [0.717, 1.165) is 24.0 Å². The van der Waals surface area contributed by atoms with E-state index in [9.17, 15) is 19.2 Å². The lowest BCUT2D eigenvalue weighted by Crippen LogP contribution is -2.59. The number of aryl methyl sites for hydroxylation is 1. The number of aromatic nitrogens is 2. The molecular formula is C38H52N6O6. The number of benzene rings is 2. The fraction of sp³-hybridized carbons (Fsp3) is 0.500. The second kappa shape index (κ2) is 16.8. The van der Waals surface area contributed by atoms with E-state index < -0.39 is 41.1 Å². The summed E-state index contributed by atoms with van der Waals surface area (Å²) in [5, 5.41) is 8.16. The fourth-order valence-electron chi connectivity index (χ4n) is 5.66. The average Bonchev–Trinajstić information content (AvgIpc) is 3.46. The summed E-state index contributed by atoms with van der Waals surface area (Å²) in [6.07, 6.45) is 3.31. The van der Waals surface area contributed by atoms with Crippen molar-refractivity contribution >= 4 is 29.6 Å². The van der Waals surface area contributed by atoms with E-state index in [-0.39, 0.29) is 24.9 Å². The number of ether oxygens (including phenoxy) is 2. The highest BCUT2D eigenvalue weighted by Gasteiger charge is 2.35. The number of carbonyl (C=O) groups is 4. The highest BCUT2D eigenvalue weighted by atomic mass is 16.6. The predicted octanol–water partition coefficient (Wildman–Crippen LogP) is 5.24. The molecule has 3 N–H and O–H groups in total. The van der Waals surface area contributed by atoms with E-state index in [2.05, 4.69) is 22.9 Å². The smallest absolute Gasteiger partial charge is 0.408 e. The van der Waals surface area contributed by atoms with Crippen LogP contribution in [0.3, 0.4) is 0 Å². The minimum absolute atomic E-state index is 0.0211. The van der Waals surface area contributed by atoms with Gasteiger partial charge in [0.05, 0.1) is 13.2 Å². The predicted molar refractivity (Wildman–Crippen MR) is 191 cm³/mol. The Kier molecular flexibility index (Phi) is 12.8. The second-order valence-electron chi connectivity index (χ2n) is 14.4. The van der Waals surface area contributed by atoms with Gasteiger partial charge in [-0.25, -0.2) is 9.78 Å². The highest BCUT2D eigenvalue weighted by molar-refractivity contribution is 5.98. The van der Waals surface area contributed by atoms with Crippen molar-refractivity contribution in [3.63, 3.8) is 0 Å². The number of likely N-dealkylation sites (tertiary alicyclic amines) is 1. The van der Waals surface area contributed by atoms with E-state index in [1.807, 2.05) is 77.1 Å². The first-order chi connectivity index (χ1) is 23.7. The summed E-state index contributed by atoms with van der Waals surface area (Å²) in [5.74, 6) is 0.223. The van der Waals surface area contributed by atoms with Crippen LogP contribution in [0.25, 0.3) is 0 Å². The number of carbonyl (C=O) groups excluding carboxylic acids is 4. The zero-order valence-electron chi connectivity index (χ0n) is 30.3. The van der Waals surface area contributed by atoms with Crippen molar-refractivity contribution in [2.45, 2.75) is 97.6 Å². The summed E-state index contributed by atoms with van der Waals surface area (Å²) in [7, 11) is 0. The van der Waals surface area contributed by atoms with Crippen LogP contribution in [0.15, 0.2) is 66.9 Å². The maximum Gasteiger partial charge on any atom is 0.408 e. The number of hydrogen-bond donors (Lipinski definition) is 3. The Hall–Kier alpha value is -4.71. The third-order valence-corrected chi connectivity index (χ3v) is 8.50. The average molecular weight is 689 g/mol. The van der Waals surface area contributed by atoms with Crippen molar-refractivity contribution in [1.82, 2.24) is 25.1 Å². The zero-order valence-corrected chi connectivity index (χ0v) is 30.3. The first-order valence-corrected chi connectivity index (χ1v) is 17.3. The van der Waals surface area contributed by atoms with Crippen molar-refractivity contribution in [2.75, 3.05) is 25.0 Å². The van der Waals surface area contributed by atoms with Gasteiger partial charge in [0.15, 0.2) is 5.82 Å². The van der Waals surface area contributed by atoms with Gasteiger partial charge in [-0.3, -0.25) is 14.4 Å². The summed E-state index contributed by atoms with van der Waals surface area (Å²) in [5.41, 5.74) is -0.467. The van der Waals surface area contributed by atoms with Crippen LogP contribution in [0, 0.1) is 5.92 Å². The van der Waals surface area contributed by atoms with Crippen LogP contribution < -0.4 is 16.0 Å². The first kappa shape index (κ1) is 38.1. The summed E-state index contributed by atoms with van der Waals surface area (Å²) < 4.78 is 13.1. The SMILES string of the molecule is CCc1nc(NC(=O)[C@@H](COCc2ccccc2)NC(=O)C(C)(C)NC(=O)OC(C)(C)C)cn1C(C(=O)N1CCC(C)CC1)c1ccccc1. The molecule has 1 aromatic heterocycles. The van der Waals surface area contributed by atoms with Gasteiger partial charge in [-0.2, -0.15) is 0 Å². The van der Waals surface area contributed by atoms with Gasteiger partial charge in [0.1, 0.15) is 29.0 Å². The van der Waals surface area contributed by atoms with E-state index in [1.54, 1.807) is 27.0 Å². The normalized spacial score (nSPS) is 15.1. The monoisotopic (exact) mass is 688 g/mol. The molecule has 2 heterocycles. The molecule has 0 saturated carbocycles. The molecular weight excluding hydrogens is 636 g/mol. The van der Waals surface area contributed by atoms with Gasteiger partial charge in [0.25, 0.3) is 5.91 Å². The molecule has 0 spiro atoms. The molecule has 0 radical (unpaired) electrons. The van der Waals surface area contributed by atoms with Gasteiger partial charge < -0.3 is 34.9 Å². The summed E-state index contributed by atoms with van der Waals surface area (Å²) >= 11 is 0. The lowest BCUT2D eigenvalue weighted by Gasteiger charge is -2.34. The van der Waals surface area contributed by atoms with Gasteiger partial charge in [0, 0.05) is 25.7 Å². The lowest BCUT2D eigenvalue weighted by molar-refractivity contribution is -0.135. The van der Waals surface area contributed by atoms with Gasteiger partial charge in [-0.1, -0.05) is 74.5 Å². The van der Waals surface area contributed by atoms with Crippen molar-refractivity contribution < 1.29 is 28.7 Å². The van der Waals surface area contributed by atoms with Gasteiger partial charge >= 0.3 is 6.09 Å². The quantitative estimate of drug-likeness (QED) is 0.223. The molecule has 1 unspecified atom stereocenters. The molecule has 12 heteroatoms. The number of rotatable bonds is 13. The van der Waals surface area contributed by atoms with E-state index in [1.165, 1.54) is 13.8 Å². The van der Waals surface area contributed by atoms with E-state index >= 15 is 0 Å². The molecule has 1 fully saturated rings. The van der Waals surface area contributed by atoms with Crippen LogP contribution in [-0.2, 0) is 36.9 Å².